The number of benzene rings is 2. The maximum atomic E-state index is 13.0. The van der Waals surface area contributed by atoms with Gasteiger partial charge in [-0.1, -0.05) is 49.0 Å². The lowest BCUT2D eigenvalue weighted by atomic mass is 9.86. The van der Waals surface area contributed by atoms with Gasteiger partial charge in [0.05, 0.1) is 34.1 Å². The van der Waals surface area contributed by atoms with E-state index in [-0.39, 0.29) is 18.0 Å². The molecule has 2 aromatic carbocycles. The minimum absolute atomic E-state index is 0.0386. The summed E-state index contributed by atoms with van der Waals surface area (Å²) >= 11 is 1.47. The Morgan fingerprint density at radius 1 is 1.27 bits per heavy atom. The van der Waals surface area contributed by atoms with Crippen molar-refractivity contribution in [2.75, 3.05) is 17.4 Å². The van der Waals surface area contributed by atoms with Crippen LogP contribution in [0, 0.1) is 21.4 Å². The van der Waals surface area contributed by atoms with Crippen LogP contribution in [0.1, 0.15) is 30.4 Å². The molecule has 1 fully saturated rings. The van der Waals surface area contributed by atoms with Crippen LogP contribution in [0.4, 0.5) is 11.4 Å². The summed E-state index contributed by atoms with van der Waals surface area (Å²) in [5.74, 6) is 0.0884. The summed E-state index contributed by atoms with van der Waals surface area (Å²) in [6.07, 6.45) is 1.02. The zero-order valence-corrected chi connectivity index (χ0v) is 17.3. The van der Waals surface area contributed by atoms with Crippen molar-refractivity contribution in [2.24, 2.45) is 0 Å². The van der Waals surface area contributed by atoms with Gasteiger partial charge in [-0.25, -0.2) is 0 Å². The number of nitro benzene ring substituents is 1. The number of para-hydroxylation sites is 1. The summed E-state index contributed by atoms with van der Waals surface area (Å²) in [5, 5.41) is 21.7. The second-order valence-electron chi connectivity index (χ2n) is 7.20. The fourth-order valence-corrected chi connectivity index (χ4v) is 5.13. The van der Waals surface area contributed by atoms with Crippen molar-refractivity contribution in [1.82, 2.24) is 4.90 Å². The Morgan fingerprint density at radius 3 is 2.80 bits per heavy atom. The lowest BCUT2D eigenvalue weighted by molar-refractivity contribution is -0.384. The van der Waals surface area contributed by atoms with E-state index in [0.29, 0.717) is 28.7 Å². The van der Waals surface area contributed by atoms with E-state index in [0.717, 1.165) is 12.1 Å². The lowest BCUT2D eigenvalue weighted by Gasteiger charge is -2.42. The number of carbonyl (C=O) groups excluding carboxylic acids is 1. The smallest absolute Gasteiger partial charge is 0.269 e. The third-order valence-corrected chi connectivity index (χ3v) is 6.64. The lowest BCUT2D eigenvalue weighted by Crippen LogP contribution is -2.47. The molecule has 0 radical (unpaired) electrons. The Balaban J connectivity index is 1.68. The van der Waals surface area contributed by atoms with Crippen LogP contribution < -0.4 is 4.90 Å². The van der Waals surface area contributed by atoms with Crippen LogP contribution in [-0.2, 0) is 11.2 Å². The molecule has 0 spiro atoms. The van der Waals surface area contributed by atoms with E-state index in [1.165, 1.54) is 29.5 Å². The van der Waals surface area contributed by atoms with Gasteiger partial charge < -0.3 is 4.90 Å². The summed E-state index contributed by atoms with van der Waals surface area (Å²) in [6, 6.07) is 16.6. The van der Waals surface area contributed by atoms with Crippen molar-refractivity contribution in [3.8, 4) is 6.07 Å². The molecule has 1 amide bonds. The van der Waals surface area contributed by atoms with E-state index in [9.17, 15) is 20.2 Å². The maximum Gasteiger partial charge on any atom is 0.269 e. The Hall–Kier alpha value is -3.31. The molecule has 0 aliphatic carbocycles. The van der Waals surface area contributed by atoms with Gasteiger partial charge in [0.25, 0.3) is 5.69 Å². The van der Waals surface area contributed by atoms with Gasteiger partial charge in [0.1, 0.15) is 0 Å². The normalized spacial score (nSPS) is 18.8. The number of non-ortho nitro benzene ring substituents is 1. The Labute approximate surface area is 178 Å². The van der Waals surface area contributed by atoms with Gasteiger partial charge in [-0.05, 0) is 23.6 Å². The van der Waals surface area contributed by atoms with Crippen molar-refractivity contribution < 1.29 is 9.72 Å². The maximum absolute atomic E-state index is 13.0. The summed E-state index contributed by atoms with van der Waals surface area (Å²) in [5.41, 5.74) is 3.40. The second kappa shape index (κ2) is 8.20. The van der Waals surface area contributed by atoms with E-state index in [1.54, 1.807) is 17.0 Å². The van der Waals surface area contributed by atoms with Gasteiger partial charge in [0.15, 0.2) is 0 Å². The first-order valence-electron chi connectivity index (χ1n) is 9.68. The minimum atomic E-state index is -0.462. The molecule has 8 heteroatoms. The van der Waals surface area contributed by atoms with E-state index >= 15 is 0 Å². The highest BCUT2D eigenvalue weighted by atomic mass is 32.2. The topological polar surface area (TPSA) is 90.5 Å². The fraction of sp³-hybridized carbons (Fsp3) is 0.273. The number of aryl methyl sites for hydroxylation is 1. The number of nitro groups is 1. The van der Waals surface area contributed by atoms with Gasteiger partial charge in [0, 0.05) is 30.2 Å². The van der Waals surface area contributed by atoms with Crippen LogP contribution in [-0.4, -0.2) is 28.3 Å². The van der Waals surface area contributed by atoms with Crippen LogP contribution in [0.3, 0.4) is 0 Å². The predicted molar refractivity (Wildman–Crippen MR) is 116 cm³/mol. The average Bonchev–Trinajstić information content (AvgIpc) is 2.78. The number of nitriles is 1. The molecule has 2 heterocycles. The molecule has 2 aromatic rings. The van der Waals surface area contributed by atoms with E-state index in [1.807, 2.05) is 12.1 Å². The van der Waals surface area contributed by atoms with Crippen molar-refractivity contribution in [3.05, 3.63) is 80.4 Å². The SMILES string of the molecule is CCc1ccccc1N1CSC2=C(C#N)[C@H](c3cccc([N+](=O)[O-])c3)CC(=O)N2C1. The molecule has 2 aliphatic rings. The molecule has 1 saturated heterocycles. The Kier molecular flexibility index (Phi) is 5.46. The number of thioether (sulfide) groups is 1. The second-order valence-corrected chi connectivity index (χ2v) is 8.13. The quantitative estimate of drug-likeness (QED) is 0.539. The van der Waals surface area contributed by atoms with Crippen LogP contribution in [0.25, 0.3) is 0 Å². The van der Waals surface area contributed by atoms with E-state index in [4.69, 9.17) is 0 Å². The van der Waals surface area contributed by atoms with Crippen molar-refractivity contribution in [3.63, 3.8) is 0 Å². The first-order chi connectivity index (χ1) is 14.5. The van der Waals surface area contributed by atoms with E-state index in [2.05, 4.69) is 30.0 Å². The van der Waals surface area contributed by atoms with Crippen molar-refractivity contribution in [2.45, 2.75) is 25.7 Å². The number of allylic oxidation sites excluding steroid dienone is 1. The molecule has 2 aliphatic heterocycles. The molecule has 1 atom stereocenters. The third-order valence-electron chi connectivity index (χ3n) is 5.49. The molecule has 4 rings (SSSR count). The van der Waals surface area contributed by atoms with Gasteiger partial charge in [-0.2, -0.15) is 5.26 Å². The number of rotatable bonds is 4. The van der Waals surface area contributed by atoms with Crippen LogP contribution in [0.2, 0.25) is 0 Å². The van der Waals surface area contributed by atoms with Gasteiger partial charge in [-0.15, -0.1) is 0 Å². The van der Waals surface area contributed by atoms with Crippen LogP contribution >= 0.6 is 11.8 Å². The summed E-state index contributed by atoms with van der Waals surface area (Å²) in [7, 11) is 0. The fourth-order valence-electron chi connectivity index (χ4n) is 3.97. The summed E-state index contributed by atoms with van der Waals surface area (Å²) < 4.78 is 0. The number of nitrogens with zero attached hydrogens (tertiary/aromatic N) is 4. The molecule has 30 heavy (non-hydrogen) atoms. The minimum Gasteiger partial charge on any atom is -0.343 e. The first kappa shape index (κ1) is 20.0. The largest absolute Gasteiger partial charge is 0.343 e. The number of hydrogen-bond acceptors (Lipinski definition) is 6. The standard InChI is InChI=1S/C22H20N4O3S/c1-2-15-6-3-4-9-20(15)24-13-25-21(27)11-18(19(12-23)22(25)30-14-24)16-7-5-8-17(10-16)26(28)29/h3-10,18H,2,11,13-14H2,1H3/t18-/m0/s1. The number of hydrogen-bond donors (Lipinski definition) is 0. The molecular weight excluding hydrogens is 400 g/mol. The van der Waals surface area contributed by atoms with Gasteiger partial charge >= 0.3 is 0 Å². The summed E-state index contributed by atoms with van der Waals surface area (Å²) in [6.45, 7) is 2.50. The Bertz CT molecular complexity index is 1090. The molecule has 152 valence electrons. The zero-order valence-electron chi connectivity index (χ0n) is 16.4. The molecular formula is C22H20N4O3S. The highest BCUT2D eigenvalue weighted by molar-refractivity contribution is 8.03. The van der Waals surface area contributed by atoms with E-state index < -0.39 is 10.8 Å². The van der Waals surface area contributed by atoms with Crippen LogP contribution in [0.5, 0.6) is 0 Å². The monoisotopic (exact) mass is 420 g/mol. The number of anilines is 1. The van der Waals surface area contributed by atoms with Gasteiger partial charge in [0.2, 0.25) is 5.91 Å². The average molecular weight is 420 g/mol. The highest BCUT2D eigenvalue weighted by Gasteiger charge is 2.38. The molecule has 7 nitrogen and oxygen atoms in total. The summed E-state index contributed by atoms with van der Waals surface area (Å²) in [4.78, 5) is 27.5. The number of fused-ring (bicyclic) bond motifs is 1. The number of carbonyl (C=O) groups is 1. The van der Waals surface area contributed by atoms with Crippen molar-refractivity contribution >= 4 is 29.0 Å². The molecule has 0 bridgehead atoms. The Morgan fingerprint density at radius 2 is 2.07 bits per heavy atom. The highest BCUT2D eigenvalue weighted by Crippen LogP contribution is 2.44. The van der Waals surface area contributed by atoms with Crippen molar-refractivity contribution in [1.29, 1.82) is 5.26 Å². The zero-order chi connectivity index (χ0) is 21.3. The molecule has 0 unspecified atom stereocenters. The molecule has 0 aromatic heterocycles. The first-order valence-corrected chi connectivity index (χ1v) is 10.7. The molecule has 0 saturated carbocycles. The van der Waals surface area contributed by atoms with Crippen LogP contribution in [0.15, 0.2) is 59.1 Å². The molecule has 0 N–H and O–H groups in total. The number of amides is 1. The van der Waals surface area contributed by atoms with Gasteiger partial charge in [-0.3, -0.25) is 19.8 Å². The third kappa shape index (κ3) is 3.53. The predicted octanol–water partition coefficient (Wildman–Crippen LogP) is 4.38.